The molecule has 134 valence electrons. The van der Waals surface area contributed by atoms with E-state index in [0.29, 0.717) is 11.6 Å². The van der Waals surface area contributed by atoms with Gasteiger partial charge in [0.2, 0.25) is 0 Å². The lowest BCUT2D eigenvalue weighted by molar-refractivity contribution is 0.0696. The average molecular weight is 366 g/mol. The summed E-state index contributed by atoms with van der Waals surface area (Å²) in [6.45, 7) is 2.77. The number of nitrogens with one attached hydrogen (secondary N) is 1. The van der Waals surface area contributed by atoms with E-state index >= 15 is 0 Å². The highest BCUT2D eigenvalue weighted by Gasteiger charge is 2.22. The molecule has 1 fully saturated rings. The van der Waals surface area contributed by atoms with Crippen LogP contribution >= 0.6 is 11.3 Å². The molecule has 1 aromatic heterocycles. The fraction of sp³-hybridized carbons (Fsp3) is 0.286. The number of carboxylic acids is 1. The molecule has 4 rings (SSSR count). The molecular formula is C21H22N2O2S. The maximum absolute atomic E-state index is 11.3. The zero-order valence-corrected chi connectivity index (χ0v) is 15.3. The molecule has 5 heteroatoms. The number of hydrogen-bond acceptors (Lipinski definition) is 4. The molecule has 0 aliphatic carbocycles. The molecule has 4 nitrogen and oxygen atoms in total. The average Bonchev–Trinajstić information content (AvgIpc) is 3.15. The van der Waals surface area contributed by atoms with Crippen molar-refractivity contribution in [2.24, 2.45) is 0 Å². The monoisotopic (exact) mass is 366 g/mol. The Morgan fingerprint density at radius 2 is 2.00 bits per heavy atom. The Hall–Kier alpha value is -2.37. The van der Waals surface area contributed by atoms with Crippen LogP contribution in [0.5, 0.6) is 0 Å². The number of anilines is 1. The number of nitrogens with zero attached hydrogens (tertiary/aromatic N) is 1. The van der Waals surface area contributed by atoms with Crippen molar-refractivity contribution < 1.29 is 9.90 Å². The van der Waals surface area contributed by atoms with Crippen LogP contribution in [0.1, 0.15) is 28.8 Å². The molecule has 1 aliphatic rings. The van der Waals surface area contributed by atoms with Gasteiger partial charge in [-0.25, -0.2) is 4.79 Å². The molecule has 2 heterocycles. The zero-order valence-electron chi connectivity index (χ0n) is 14.5. The third-order valence-corrected chi connectivity index (χ3v) is 5.94. The van der Waals surface area contributed by atoms with Gasteiger partial charge in [0.15, 0.2) is 0 Å². The van der Waals surface area contributed by atoms with Crippen molar-refractivity contribution in [2.45, 2.75) is 25.4 Å². The van der Waals surface area contributed by atoms with Gasteiger partial charge in [0, 0.05) is 23.0 Å². The largest absolute Gasteiger partial charge is 0.478 e. The van der Waals surface area contributed by atoms with E-state index in [4.69, 9.17) is 0 Å². The highest BCUT2D eigenvalue weighted by molar-refractivity contribution is 7.17. The Bertz CT molecular complexity index is 915. The predicted octanol–water partition coefficient (Wildman–Crippen LogP) is 4.36. The number of rotatable bonds is 5. The molecular weight excluding hydrogens is 344 g/mol. The van der Waals surface area contributed by atoms with Gasteiger partial charge in [-0.2, -0.15) is 0 Å². The van der Waals surface area contributed by atoms with Crippen LogP contribution in [0.25, 0.3) is 10.1 Å². The van der Waals surface area contributed by atoms with Crippen LogP contribution in [0, 0.1) is 0 Å². The smallest absolute Gasteiger partial charge is 0.335 e. The van der Waals surface area contributed by atoms with Crippen LogP contribution in [0.15, 0.2) is 53.9 Å². The van der Waals surface area contributed by atoms with Crippen LogP contribution in [0.3, 0.4) is 0 Å². The van der Waals surface area contributed by atoms with Gasteiger partial charge in [0.25, 0.3) is 0 Å². The quantitative estimate of drug-likeness (QED) is 0.704. The van der Waals surface area contributed by atoms with Crippen molar-refractivity contribution in [2.75, 3.05) is 18.0 Å². The van der Waals surface area contributed by atoms with Gasteiger partial charge < -0.3 is 15.3 Å². The second-order valence-corrected chi connectivity index (χ2v) is 7.71. The van der Waals surface area contributed by atoms with E-state index in [2.05, 4.69) is 39.9 Å². The minimum atomic E-state index is -0.875. The van der Waals surface area contributed by atoms with Crippen LogP contribution < -0.4 is 10.2 Å². The second-order valence-electron chi connectivity index (χ2n) is 6.76. The molecule has 0 atom stereocenters. The van der Waals surface area contributed by atoms with Gasteiger partial charge in [-0.15, -0.1) is 11.3 Å². The molecule has 2 aromatic carbocycles. The molecule has 1 aliphatic heterocycles. The predicted molar refractivity (Wildman–Crippen MR) is 107 cm³/mol. The number of piperidine rings is 1. The highest BCUT2D eigenvalue weighted by atomic mass is 32.1. The van der Waals surface area contributed by atoms with E-state index in [1.165, 1.54) is 15.8 Å². The zero-order chi connectivity index (χ0) is 17.9. The van der Waals surface area contributed by atoms with Crippen molar-refractivity contribution in [3.8, 4) is 0 Å². The summed E-state index contributed by atoms with van der Waals surface area (Å²) in [4.78, 5) is 13.8. The van der Waals surface area contributed by atoms with E-state index in [9.17, 15) is 9.90 Å². The van der Waals surface area contributed by atoms with Crippen LogP contribution in [-0.4, -0.2) is 30.2 Å². The third kappa shape index (κ3) is 3.59. The number of carboxylic acid groups (broad SMARTS) is 1. The van der Waals surface area contributed by atoms with E-state index in [1.807, 2.05) is 12.1 Å². The molecule has 1 saturated heterocycles. The Balaban J connectivity index is 1.68. The van der Waals surface area contributed by atoms with Gasteiger partial charge in [-0.3, -0.25) is 0 Å². The van der Waals surface area contributed by atoms with E-state index in [0.717, 1.165) is 38.0 Å². The van der Waals surface area contributed by atoms with Gasteiger partial charge in [-0.05, 0) is 78.7 Å². The number of aromatic carboxylic acids is 1. The summed E-state index contributed by atoms with van der Waals surface area (Å²) in [5, 5.41) is 16.1. The Morgan fingerprint density at radius 1 is 1.15 bits per heavy atom. The van der Waals surface area contributed by atoms with Crippen molar-refractivity contribution in [1.29, 1.82) is 0 Å². The standard InChI is InChI=1S/C21H22N2O2S/c24-21(25)17-3-1-2-15(12-17)14-23(18-6-9-22-10-7-18)19-4-5-20-16(13-19)8-11-26-20/h1-5,8,11-13,18,22H,6-7,9-10,14H2,(H,24,25). The molecule has 0 amide bonds. The molecule has 0 saturated carbocycles. The summed E-state index contributed by atoms with van der Waals surface area (Å²) in [5.41, 5.74) is 2.60. The first kappa shape index (κ1) is 17.1. The van der Waals surface area contributed by atoms with E-state index in [1.54, 1.807) is 23.5 Å². The molecule has 0 bridgehead atoms. The van der Waals surface area contributed by atoms with E-state index < -0.39 is 5.97 Å². The number of carbonyl (C=O) groups is 1. The topological polar surface area (TPSA) is 52.6 Å². The lowest BCUT2D eigenvalue weighted by Crippen LogP contribution is -2.43. The van der Waals surface area contributed by atoms with E-state index in [-0.39, 0.29) is 0 Å². The minimum Gasteiger partial charge on any atom is -0.478 e. The van der Waals surface area contributed by atoms with Crippen LogP contribution in [0.4, 0.5) is 5.69 Å². The molecule has 0 unspecified atom stereocenters. The van der Waals surface area contributed by atoms with Crippen molar-refractivity contribution in [3.63, 3.8) is 0 Å². The van der Waals surface area contributed by atoms with Gasteiger partial charge in [0.1, 0.15) is 0 Å². The Morgan fingerprint density at radius 3 is 2.81 bits per heavy atom. The number of hydrogen-bond donors (Lipinski definition) is 2. The molecule has 0 spiro atoms. The Kier molecular flexibility index (Phi) is 4.91. The lowest BCUT2D eigenvalue weighted by Gasteiger charge is -2.36. The summed E-state index contributed by atoms with van der Waals surface area (Å²) in [5.74, 6) is -0.875. The maximum Gasteiger partial charge on any atom is 0.335 e. The fourth-order valence-electron chi connectivity index (χ4n) is 3.68. The normalized spacial score (nSPS) is 15.2. The molecule has 2 N–H and O–H groups in total. The summed E-state index contributed by atoms with van der Waals surface area (Å²) < 4.78 is 1.30. The fourth-order valence-corrected chi connectivity index (χ4v) is 4.45. The van der Waals surface area contributed by atoms with Crippen LogP contribution in [0.2, 0.25) is 0 Å². The number of benzene rings is 2. The molecule has 26 heavy (non-hydrogen) atoms. The molecule has 3 aromatic rings. The first-order valence-corrected chi connectivity index (χ1v) is 9.85. The summed E-state index contributed by atoms with van der Waals surface area (Å²) >= 11 is 1.76. The summed E-state index contributed by atoms with van der Waals surface area (Å²) in [6, 6.07) is 16.6. The number of fused-ring (bicyclic) bond motifs is 1. The van der Waals surface area contributed by atoms with Crippen molar-refractivity contribution in [3.05, 3.63) is 65.0 Å². The first-order chi connectivity index (χ1) is 12.7. The maximum atomic E-state index is 11.3. The third-order valence-electron chi connectivity index (χ3n) is 5.04. The lowest BCUT2D eigenvalue weighted by atomic mass is 10.0. The number of thiophene rings is 1. The second kappa shape index (κ2) is 7.48. The first-order valence-electron chi connectivity index (χ1n) is 8.97. The van der Waals surface area contributed by atoms with Crippen molar-refractivity contribution in [1.82, 2.24) is 5.32 Å². The SMILES string of the molecule is O=C(O)c1cccc(CN(c2ccc3sccc3c2)C2CCNCC2)c1. The highest BCUT2D eigenvalue weighted by Crippen LogP contribution is 2.30. The van der Waals surface area contributed by atoms with Crippen molar-refractivity contribution >= 4 is 33.1 Å². The van der Waals surface area contributed by atoms with Gasteiger partial charge in [0.05, 0.1) is 5.56 Å². The molecule has 0 radical (unpaired) electrons. The van der Waals surface area contributed by atoms with Gasteiger partial charge >= 0.3 is 5.97 Å². The minimum absolute atomic E-state index is 0.348. The van der Waals surface area contributed by atoms with Crippen LogP contribution in [-0.2, 0) is 6.54 Å². The summed E-state index contributed by atoms with van der Waals surface area (Å²) in [7, 11) is 0. The summed E-state index contributed by atoms with van der Waals surface area (Å²) in [6.07, 6.45) is 2.20. The van der Waals surface area contributed by atoms with Gasteiger partial charge in [-0.1, -0.05) is 12.1 Å². The Labute approximate surface area is 157 Å².